The van der Waals surface area contributed by atoms with Crippen molar-refractivity contribution < 1.29 is 19.0 Å². The number of ether oxygens (including phenoxy) is 1. The number of carbonyl (C=O) groups is 1. The van der Waals surface area contributed by atoms with Gasteiger partial charge >= 0.3 is 0 Å². The second-order valence-corrected chi connectivity index (χ2v) is 10.5. The van der Waals surface area contributed by atoms with Gasteiger partial charge in [-0.05, 0) is 88.4 Å². The van der Waals surface area contributed by atoms with Crippen molar-refractivity contribution in [2.24, 2.45) is 0 Å². The first-order valence-corrected chi connectivity index (χ1v) is 12.7. The van der Waals surface area contributed by atoms with Gasteiger partial charge in [-0.15, -0.1) is 0 Å². The zero-order valence-electron chi connectivity index (χ0n) is 22.4. The van der Waals surface area contributed by atoms with Crippen LogP contribution in [0.4, 0.5) is 4.39 Å². The lowest BCUT2D eigenvalue weighted by Gasteiger charge is -2.32. The number of aryl methyl sites for hydroxylation is 3. The van der Waals surface area contributed by atoms with Crippen molar-refractivity contribution in [2.75, 3.05) is 6.54 Å². The average molecular weight is 507 g/mol. The van der Waals surface area contributed by atoms with Gasteiger partial charge in [-0.25, -0.2) is 4.39 Å². The fourth-order valence-electron chi connectivity index (χ4n) is 4.92. The van der Waals surface area contributed by atoms with Crippen LogP contribution in [-0.2, 0) is 23.4 Å². The molecule has 3 aromatic rings. The third-order valence-corrected chi connectivity index (χ3v) is 6.95. The quantitative estimate of drug-likeness (QED) is 0.472. The molecule has 6 nitrogen and oxygen atoms in total. The number of aromatic nitrogens is 1. The monoisotopic (exact) mass is 506 g/mol. The van der Waals surface area contributed by atoms with Crippen molar-refractivity contribution in [1.29, 1.82) is 0 Å². The molecule has 0 fully saturated rings. The number of hydrogen-bond acceptors (Lipinski definition) is 4. The topological polar surface area (TPSA) is 71.8 Å². The van der Waals surface area contributed by atoms with Crippen LogP contribution in [0.25, 0.3) is 5.69 Å². The van der Waals surface area contributed by atoms with E-state index < -0.39 is 5.60 Å². The minimum Gasteiger partial charge on any atom is -0.455 e. The molecule has 2 aromatic carbocycles. The van der Waals surface area contributed by atoms with Crippen LogP contribution >= 0.6 is 0 Å². The molecule has 1 aliphatic heterocycles. The van der Waals surface area contributed by atoms with Gasteiger partial charge in [-0.2, -0.15) is 0 Å². The molecule has 7 heteroatoms. The van der Waals surface area contributed by atoms with Crippen LogP contribution in [0.15, 0.2) is 41.3 Å². The molecule has 1 aliphatic rings. The molecule has 0 aliphatic carbocycles. The van der Waals surface area contributed by atoms with Gasteiger partial charge in [0.05, 0.1) is 17.8 Å². The molecule has 0 saturated heterocycles. The van der Waals surface area contributed by atoms with E-state index in [2.05, 4.69) is 0 Å². The average Bonchev–Trinajstić information content (AvgIpc) is 2.83. The number of fused-ring (bicyclic) bond motifs is 1. The SMILES string of the molecule is CCCC(=O)N1CCc2c(n(-c3cc(C(C)(C)O)ccc3Oc3c(C)cc(F)cc3C)cc(C)c2=O)C1. The van der Waals surface area contributed by atoms with Crippen LogP contribution in [0.1, 0.15) is 67.1 Å². The Morgan fingerprint density at radius 1 is 1.11 bits per heavy atom. The van der Waals surface area contributed by atoms with Crippen LogP contribution in [0.3, 0.4) is 0 Å². The van der Waals surface area contributed by atoms with E-state index in [1.165, 1.54) is 12.1 Å². The number of hydrogen-bond donors (Lipinski definition) is 1. The van der Waals surface area contributed by atoms with Crippen molar-refractivity contribution in [3.05, 3.63) is 86.1 Å². The molecule has 196 valence electrons. The van der Waals surface area contributed by atoms with Crippen LogP contribution < -0.4 is 10.2 Å². The Bertz CT molecular complexity index is 1400. The number of amides is 1. The van der Waals surface area contributed by atoms with Gasteiger partial charge in [0.15, 0.2) is 11.2 Å². The Hall–Kier alpha value is -3.45. The number of nitrogens with zero attached hydrogens (tertiary/aromatic N) is 2. The molecule has 0 spiro atoms. The lowest BCUT2D eigenvalue weighted by molar-refractivity contribution is -0.132. The fourth-order valence-corrected chi connectivity index (χ4v) is 4.92. The molecule has 0 atom stereocenters. The van der Waals surface area contributed by atoms with E-state index in [0.29, 0.717) is 70.9 Å². The van der Waals surface area contributed by atoms with E-state index in [0.717, 1.165) is 12.1 Å². The fraction of sp³-hybridized carbons (Fsp3) is 0.400. The van der Waals surface area contributed by atoms with Gasteiger partial charge in [0.2, 0.25) is 5.91 Å². The normalized spacial score (nSPS) is 13.5. The molecular formula is C30H35FN2O4. The minimum absolute atomic E-state index is 0.0137. The first-order valence-electron chi connectivity index (χ1n) is 12.7. The summed E-state index contributed by atoms with van der Waals surface area (Å²) in [6.07, 6.45) is 3.46. The van der Waals surface area contributed by atoms with Gasteiger partial charge < -0.3 is 19.3 Å². The lowest BCUT2D eigenvalue weighted by atomic mass is 9.96. The third-order valence-electron chi connectivity index (χ3n) is 6.95. The summed E-state index contributed by atoms with van der Waals surface area (Å²) in [5.41, 5.74) is 3.49. The molecule has 0 bridgehead atoms. The molecular weight excluding hydrogens is 471 g/mol. The molecule has 0 saturated carbocycles. The highest BCUT2D eigenvalue weighted by Crippen LogP contribution is 2.37. The van der Waals surface area contributed by atoms with Gasteiger partial charge in [-0.3, -0.25) is 9.59 Å². The summed E-state index contributed by atoms with van der Waals surface area (Å²) < 4.78 is 22.3. The van der Waals surface area contributed by atoms with Gasteiger partial charge in [0.1, 0.15) is 11.6 Å². The summed E-state index contributed by atoms with van der Waals surface area (Å²) in [5.74, 6) is 0.770. The highest BCUT2D eigenvalue weighted by atomic mass is 19.1. The van der Waals surface area contributed by atoms with Crippen LogP contribution in [0.2, 0.25) is 0 Å². The van der Waals surface area contributed by atoms with Crippen molar-refractivity contribution >= 4 is 5.91 Å². The highest BCUT2D eigenvalue weighted by molar-refractivity contribution is 5.76. The summed E-state index contributed by atoms with van der Waals surface area (Å²) in [7, 11) is 0. The van der Waals surface area contributed by atoms with Gasteiger partial charge in [0, 0.05) is 36.0 Å². The summed E-state index contributed by atoms with van der Waals surface area (Å²) in [6.45, 7) is 11.6. The third kappa shape index (κ3) is 5.32. The molecule has 4 rings (SSSR count). The maximum Gasteiger partial charge on any atom is 0.222 e. The number of carbonyl (C=O) groups excluding carboxylic acids is 1. The van der Waals surface area contributed by atoms with Crippen LogP contribution in [0.5, 0.6) is 11.5 Å². The summed E-state index contributed by atoms with van der Waals surface area (Å²) >= 11 is 0. The van der Waals surface area contributed by atoms with E-state index in [-0.39, 0.29) is 17.2 Å². The van der Waals surface area contributed by atoms with Crippen molar-refractivity contribution in [3.63, 3.8) is 0 Å². The Balaban J connectivity index is 1.93. The van der Waals surface area contributed by atoms with Gasteiger partial charge in [-0.1, -0.05) is 13.0 Å². The van der Waals surface area contributed by atoms with Crippen LogP contribution in [0, 0.1) is 26.6 Å². The molecule has 0 radical (unpaired) electrons. The number of benzene rings is 2. The second kappa shape index (κ2) is 10.1. The molecule has 1 aromatic heterocycles. The van der Waals surface area contributed by atoms with Crippen LogP contribution in [-0.4, -0.2) is 27.0 Å². The maximum atomic E-state index is 14.0. The van der Waals surface area contributed by atoms with E-state index >= 15 is 0 Å². The van der Waals surface area contributed by atoms with E-state index in [4.69, 9.17) is 4.74 Å². The minimum atomic E-state index is -1.12. The Labute approximate surface area is 217 Å². The molecule has 37 heavy (non-hydrogen) atoms. The van der Waals surface area contributed by atoms with Gasteiger partial charge in [0.25, 0.3) is 0 Å². The maximum absolute atomic E-state index is 14.0. The Morgan fingerprint density at radius 3 is 2.41 bits per heavy atom. The predicted octanol–water partition coefficient (Wildman–Crippen LogP) is 5.61. The zero-order chi connectivity index (χ0) is 27.1. The molecule has 0 unspecified atom stereocenters. The first kappa shape index (κ1) is 26.6. The Kier molecular flexibility index (Phi) is 7.29. The number of halogens is 1. The smallest absolute Gasteiger partial charge is 0.222 e. The van der Waals surface area contributed by atoms with E-state index in [1.54, 1.807) is 57.8 Å². The predicted molar refractivity (Wildman–Crippen MR) is 142 cm³/mol. The Morgan fingerprint density at radius 2 is 1.78 bits per heavy atom. The largest absolute Gasteiger partial charge is 0.455 e. The summed E-state index contributed by atoms with van der Waals surface area (Å²) in [5, 5.41) is 10.8. The number of pyridine rings is 1. The number of aliphatic hydroxyl groups is 1. The second-order valence-electron chi connectivity index (χ2n) is 10.5. The standard InChI is InChI=1S/C30H35FN2O4/c1-7-8-27(34)32-12-11-23-25(17-32)33(16-20(4)28(23)35)24-15-21(30(5,6)36)9-10-26(24)37-29-18(2)13-22(31)14-19(29)3/h9-10,13-16,36H,7-8,11-12,17H2,1-6H3. The van der Waals surface area contributed by atoms with E-state index in [1.807, 2.05) is 17.6 Å². The summed E-state index contributed by atoms with van der Waals surface area (Å²) in [6, 6.07) is 8.28. The number of rotatable bonds is 6. The lowest BCUT2D eigenvalue weighted by Crippen LogP contribution is -2.40. The molecule has 1 amide bonds. The van der Waals surface area contributed by atoms with Crippen molar-refractivity contribution in [3.8, 4) is 17.2 Å². The highest BCUT2D eigenvalue weighted by Gasteiger charge is 2.27. The summed E-state index contributed by atoms with van der Waals surface area (Å²) in [4.78, 5) is 27.7. The molecule has 2 heterocycles. The molecule has 1 N–H and O–H groups in total. The van der Waals surface area contributed by atoms with E-state index in [9.17, 15) is 19.1 Å². The van der Waals surface area contributed by atoms with Crippen molar-refractivity contribution in [2.45, 2.75) is 73.0 Å². The first-order chi connectivity index (χ1) is 17.4. The van der Waals surface area contributed by atoms with Crippen molar-refractivity contribution in [1.82, 2.24) is 9.47 Å². The zero-order valence-corrected chi connectivity index (χ0v) is 22.4.